The molecule has 5 heteroatoms. The zero-order chi connectivity index (χ0) is 16.8. The van der Waals surface area contributed by atoms with Crippen LogP contribution in [0.15, 0.2) is 53.6 Å². The first-order chi connectivity index (χ1) is 11.8. The minimum absolute atomic E-state index is 0.175. The number of nitrogens with one attached hydrogen (secondary N) is 1. The number of hydrazone groups is 1. The summed E-state index contributed by atoms with van der Waals surface area (Å²) >= 11 is 0. The molecule has 2 aromatic carbocycles. The van der Waals surface area contributed by atoms with Crippen LogP contribution in [0.1, 0.15) is 23.1 Å². The van der Waals surface area contributed by atoms with E-state index in [-0.39, 0.29) is 12.5 Å². The van der Waals surface area contributed by atoms with Crippen molar-refractivity contribution in [2.45, 2.75) is 19.3 Å². The molecular weight excluding hydrogens is 302 g/mol. The van der Waals surface area contributed by atoms with Crippen molar-refractivity contribution in [3.05, 3.63) is 65.2 Å². The Balaban J connectivity index is 1.54. The number of fused-ring (bicyclic) bond motifs is 1. The molecule has 0 fully saturated rings. The Hall–Kier alpha value is -3.13. The second kappa shape index (κ2) is 7.42. The van der Waals surface area contributed by atoms with Gasteiger partial charge in [-0.05, 0) is 36.1 Å². The highest BCUT2D eigenvalue weighted by molar-refractivity contribution is 5.90. The van der Waals surface area contributed by atoms with Gasteiger partial charge in [-0.15, -0.1) is 0 Å². The molecule has 3 rings (SSSR count). The molecule has 24 heavy (non-hydrogen) atoms. The molecule has 1 aliphatic rings. The Bertz CT molecular complexity index is 821. The molecule has 0 spiro atoms. The van der Waals surface area contributed by atoms with Crippen LogP contribution >= 0.6 is 0 Å². The number of para-hydroxylation sites is 1. The Morgan fingerprint density at radius 3 is 2.71 bits per heavy atom. The quantitative estimate of drug-likeness (QED) is 0.880. The van der Waals surface area contributed by atoms with Gasteiger partial charge in [-0.2, -0.15) is 10.4 Å². The minimum atomic E-state index is -0.339. The summed E-state index contributed by atoms with van der Waals surface area (Å²) in [5.74, 6) is 0.0588. The van der Waals surface area contributed by atoms with Gasteiger partial charge in [-0.3, -0.25) is 4.79 Å². The molecule has 0 bridgehead atoms. The second-order valence-electron chi connectivity index (χ2n) is 5.56. The van der Waals surface area contributed by atoms with Gasteiger partial charge in [0, 0.05) is 12.1 Å². The van der Waals surface area contributed by atoms with Crippen LogP contribution in [-0.2, 0) is 17.6 Å². The third kappa shape index (κ3) is 3.79. The van der Waals surface area contributed by atoms with Crippen LogP contribution in [0.2, 0.25) is 0 Å². The van der Waals surface area contributed by atoms with Crippen LogP contribution in [-0.4, -0.2) is 18.2 Å². The third-order valence-corrected chi connectivity index (χ3v) is 3.90. The average Bonchev–Trinajstić information content (AvgIpc) is 2.64. The van der Waals surface area contributed by atoms with Gasteiger partial charge >= 0.3 is 0 Å². The number of benzene rings is 2. The Morgan fingerprint density at radius 1 is 1.12 bits per heavy atom. The molecule has 0 unspecified atom stereocenters. The maximum absolute atomic E-state index is 11.9. The summed E-state index contributed by atoms with van der Waals surface area (Å²) in [4.78, 5) is 11.9. The van der Waals surface area contributed by atoms with Gasteiger partial charge in [0.25, 0.3) is 5.91 Å². The van der Waals surface area contributed by atoms with Crippen LogP contribution in [0, 0.1) is 11.3 Å². The maximum atomic E-state index is 11.9. The zero-order valence-electron chi connectivity index (χ0n) is 13.2. The molecule has 0 saturated heterocycles. The summed E-state index contributed by atoms with van der Waals surface area (Å²) < 4.78 is 5.38. The molecule has 0 heterocycles. The molecule has 0 atom stereocenters. The molecule has 2 aromatic rings. The van der Waals surface area contributed by atoms with Crippen molar-refractivity contribution in [3.8, 4) is 11.8 Å². The Morgan fingerprint density at radius 2 is 1.88 bits per heavy atom. The minimum Gasteiger partial charge on any atom is -0.482 e. The number of aryl methyl sites for hydroxylation is 1. The van der Waals surface area contributed by atoms with E-state index in [1.54, 1.807) is 24.3 Å². The SMILES string of the molecule is N#Cc1ccccc1OCC(=O)N/N=C1\CCc2ccccc2C1. The molecular formula is C19H17N3O2. The van der Waals surface area contributed by atoms with Crippen LogP contribution in [0.25, 0.3) is 0 Å². The van der Waals surface area contributed by atoms with Gasteiger partial charge in [0.05, 0.1) is 5.56 Å². The van der Waals surface area contributed by atoms with Crippen molar-refractivity contribution in [1.29, 1.82) is 5.26 Å². The summed E-state index contributed by atoms with van der Waals surface area (Å²) in [7, 11) is 0. The first-order valence-electron chi connectivity index (χ1n) is 7.79. The van der Waals surface area contributed by atoms with Gasteiger partial charge in [-0.1, -0.05) is 36.4 Å². The number of hydrogen-bond acceptors (Lipinski definition) is 4. The smallest absolute Gasteiger partial charge is 0.277 e. The van der Waals surface area contributed by atoms with E-state index in [0.29, 0.717) is 11.3 Å². The lowest BCUT2D eigenvalue weighted by molar-refractivity contribution is -0.123. The van der Waals surface area contributed by atoms with E-state index >= 15 is 0 Å². The molecule has 0 aliphatic heterocycles. The van der Waals surface area contributed by atoms with Crippen molar-refractivity contribution in [2.24, 2.45) is 5.10 Å². The van der Waals surface area contributed by atoms with Gasteiger partial charge in [0.2, 0.25) is 0 Å². The third-order valence-electron chi connectivity index (χ3n) is 3.90. The molecule has 5 nitrogen and oxygen atoms in total. The van der Waals surface area contributed by atoms with Crippen LogP contribution < -0.4 is 10.2 Å². The largest absolute Gasteiger partial charge is 0.482 e. The average molecular weight is 319 g/mol. The van der Waals surface area contributed by atoms with Crippen molar-refractivity contribution in [2.75, 3.05) is 6.61 Å². The standard InChI is InChI=1S/C19H17N3O2/c20-12-16-7-3-4-8-18(16)24-13-19(23)22-21-17-10-9-14-5-1-2-6-15(14)11-17/h1-8H,9-11,13H2,(H,22,23)/b21-17+. The van der Waals surface area contributed by atoms with Gasteiger partial charge in [0.1, 0.15) is 11.8 Å². The van der Waals surface area contributed by atoms with E-state index < -0.39 is 0 Å². The summed E-state index contributed by atoms with van der Waals surface area (Å²) in [5.41, 5.74) is 6.50. The highest BCUT2D eigenvalue weighted by atomic mass is 16.5. The highest BCUT2D eigenvalue weighted by Gasteiger charge is 2.14. The van der Waals surface area contributed by atoms with E-state index in [9.17, 15) is 4.79 Å². The molecule has 0 aromatic heterocycles. The normalized spacial score (nSPS) is 14.5. The van der Waals surface area contributed by atoms with Crippen molar-refractivity contribution >= 4 is 11.6 Å². The Labute approximate surface area is 140 Å². The fourth-order valence-corrected chi connectivity index (χ4v) is 2.66. The summed E-state index contributed by atoms with van der Waals surface area (Å²) in [6.07, 6.45) is 2.54. The number of amides is 1. The lowest BCUT2D eigenvalue weighted by Crippen LogP contribution is -2.27. The van der Waals surface area contributed by atoms with Crippen LogP contribution in [0.4, 0.5) is 0 Å². The number of carbonyl (C=O) groups is 1. The van der Waals surface area contributed by atoms with Crippen LogP contribution in [0.3, 0.4) is 0 Å². The van der Waals surface area contributed by atoms with Crippen molar-refractivity contribution in [3.63, 3.8) is 0 Å². The van der Waals surface area contributed by atoms with Crippen molar-refractivity contribution in [1.82, 2.24) is 5.43 Å². The molecule has 1 aliphatic carbocycles. The molecule has 1 amide bonds. The number of carbonyl (C=O) groups excluding carboxylic acids is 1. The van der Waals surface area contributed by atoms with E-state index in [1.165, 1.54) is 11.1 Å². The zero-order valence-corrected chi connectivity index (χ0v) is 13.2. The lowest BCUT2D eigenvalue weighted by atomic mass is 9.90. The van der Waals surface area contributed by atoms with Gasteiger partial charge in [0.15, 0.2) is 6.61 Å². The highest BCUT2D eigenvalue weighted by Crippen LogP contribution is 2.19. The summed E-state index contributed by atoms with van der Waals surface area (Å²) in [6, 6.07) is 17.1. The summed E-state index contributed by atoms with van der Waals surface area (Å²) in [5, 5.41) is 13.2. The second-order valence-corrected chi connectivity index (χ2v) is 5.56. The maximum Gasteiger partial charge on any atom is 0.277 e. The first-order valence-corrected chi connectivity index (χ1v) is 7.79. The fourth-order valence-electron chi connectivity index (χ4n) is 2.66. The van der Waals surface area contributed by atoms with E-state index in [2.05, 4.69) is 22.7 Å². The van der Waals surface area contributed by atoms with E-state index in [1.807, 2.05) is 18.2 Å². The number of hydrogen-bond donors (Lipinski definition) is 1. The first kappa shape index (κ1) is 15.8. The fraction of sp³-hybridized carbons (Fsp3) is 0.211. The Kier molecular flexibility index (Phi) is 4.87. The monoisotopic (exact) mass is 319 g/mol. The lowest BCUT2D eigenvalue weighted by Gasteiger charge is -2.17. The molecule has 1 N–H and O–H groups in total. The number of ether oxygens (including phenoxy) is 1. The molecule has 0 saturated carbocycles. The van der Waals surface area contributed by atoms with Crippen molar-refractivity contribution < 1.29 is 9.53 Å². The van der Waals surface area contributed by atoms with E-state index in [4.69, 9.17) is 10.00 Å². The topological polar surface area (TPSA) is 74.5 Å². The van der Waals surface area contributed by atoms with Crippen LogP contribution in [0.5, 0.6) is 5.75 Å². The number of nitriles is 1. The molecule has 120 valence electrons. The number of nitrogens with zero attached hydrogens (tertiary/aromatic N) is 2. The predicted molar refractivity (Wildman–Crippen MR) is 90.7 cm³/mol. The predicted octanol–water partition coefficient (Wildman–Crippen LogP) is 2.60. The van der Waals surface area contributed by atoms with Gasteiger partial charge < -0.3 is 4.74 Å². The number of rotatable bonds is 4. The van der Waals surface area contributed by atoms with E-state index in [0.717, 1.165) is 25.0 Å². The summed E-state index contributed by atoms with van der Waals surface area (Å²) in [6.45, 7) is -0.175. The molecule has 0 radical (unpaired) electrons. The van der Waals surface area contributed by atoms with Gasteiger partial charge in [-0.25, -0.2) is 5.43 Å².